The molecule has 104 valence electrons. The summed E-state index contributed by atoms with van der Waals surface area (Å²) in [5.41, 5.74) is 0.958. The van der Waals surface area contributed by atoms with Crippen LogP contribution in [0.25, 0.3) is 0 Å². The molecule has 2 heterocycles. The minimum Gasteiger partial charge on any atom is -0.481 e. The van der Waals surface area contributed by atoms with Crippen molar-refractivity contribution >= 4 is 11.9 Å². The van der Waals surface area contributed by atoms with Crippen molar-refractivity contribution < 1.29 is 24.0 Å². The van der Waals surface area contributed by atoms with Crippen molar-refractivity contribution in [3.8, 4) is 0 Å². The number of nitrogens with zero attached hydrogens (tertiary/aromatic N) is 1. The molecule has 1 aromatic heterocycles. The Bertz CT molecular complexity index is 496. The fourth-order valence-corrected chi connectivity index (χ4v) is 2.13. The van der Waals surface area contributed by atoms with E-state index < -0.39 is 17.9 Å². The van der Waals surface area contributed by atoms with Crippen molar-refractivity contribution in [1.29, 1.82) is 0 Å². The second-order valence-electron chi connectivity index (χ2n) is 4.48. The van der Waals surface area contributed by atoms with Crippen LogP contribution in [0.3, 0.4) is 0 Å². The van der Waals surface area contributed by atoms with Gasteiger partial charge in [0, 0.05) is 0 Å². The van der Waals surface area contributed by atoms with Crippen molar-refractivity contribution in [2.24, 2.45) is 5.92 Å². The summed E-state index contributed by atoms with van der Waals surface area (Å²) in [6.45, 7) is 3.84. The number of carboxylic acids is 1. The van der Waals surface area contributed by atoms with Gasteiger partial charge in [-0.2, -0.15) is 0 Å². The summed E-state index contributed by atoms with van der Waals surface area (Å²) in [6.07, 6.45) is 0.573. The number of nitrogens with one attached hydrogen (secondary N) is 1. The van der Waals surface area contributed by atoms with Crippen molar-refractivity contribution in [3.05, 3.63) is 17.0 Å². The monoisotopic (exact) mass is 268 g/mol. The third-order valence-corrected chi connectivity index (χ3v) is 3.21. The Morgan fingerprint density at radius 2 is 2.21 bits per heavy atom. The van der Waals surface area contributed by atoms with Gasteiger partial charge in [-0.1, -0.05) is 12.1 Å². The standard InChI is InChI=1S/C12H16N2O5/c1-3-8-10(6(2)19-14-8)11(15)13-9-5-18-4-7(9)12(16)17/h7,9H,3-5H2,1-2H3,(H,13,15)(H,16,17). The molecule has 1 aliphatic heterocycles. The molecule has 2 rings (SSSR count). The normalized spacial score (nSPS) is 22.4. The first-order chi connectivity index (χ1) is 9.04. The van der Waals surface area contributed by atoms with E-state index in [0.717, 1.165) is 0 Å². The van der Waals surface area contributed by atoms with E-state index in [0.29, 0.717) is 23.4 Å². The lowest BCUT2D eigenvalue weighted by Gasteiger charge is -2.15. The van der Waals surface area contributed by atoms with Gasteiger partial charge in [0.15, 0.2) is 0 Å². The van der Waals surface area contributed by atoms with Crippen LogP contribution in [0.2, 0.25) is 0 Å². The summed E-state index contributed by atoms with van der Waals surface area (Å²) in [5, 5.41) is 15.5. The Morgan fingerprint density at radius 1 is 1.47 bits per heavy atom. The molecule has 0 aliphatic carbocycles. The fourth-order valence-electron chi connectivity index (χ4n) is 2.13. The molecule has 7 heteroatoms. The van der Waals surface area contributed by atoms with Crippen molar-refractivity contribution in [3.63, 3.8) is 0 Å². The topological polar surface area (TPSA) is 102 Å². The van der Waals surface area contributed by atoms with Crippen molar-refractivity contribution in [2.75, 3.05) is 13.2 Å². The van der Waals surface area contributed by atoms with E-state index in [1.165, 1.54) is 0 Å². The largest absolute Gasteiger partial charge is 0.481 e. The molecule has 0 spiro atoms. The number of aliphatic carboxylic acids is 1. The molecule has 1 aromatic rings. The van der Waals surface area contributed by atoms with E-state index in [2.05, 4.69) is 10.5 Å². The van der Waals surface area contributed by atoms with Gasteiger partial charge in [0.25, 0.3) is 5.91 Å². The maximum atomic E-state index is 12.2. The first-order valence-corrected chi connectivity index (χ1v) is 6.11. The molecule has 0 saturated carbocycles. The van der Waals surface area contributed by atoms with Gasteiger partial charge in [-0.15, -0.1) is 0 Å². The number of ether oxygens (including phenoxy) is 1. The summed E-state index contributed by atoms with van der Waals surface area (Å²) in [5.74, 6) is -1.62. The molecule has 1 amide bonds. The second kappa shape index (κ2) is 5.40. The highest BCUT2D eigenvalue weighted by Crippen LogP contribution is 2.17. The third kappa shape index (κ3) is 2.60. The molecule has 0 radical (unpaired) electrons. The number of aromatic nitrogens is 1. The Kier molecular flexibility index (Phi) is 3.84. The maximum Gasteiger partial charge on any atom is 0.311 e. The van der Waals surface area contributed by atoms with Gasteiger partial charge < -0.3 is 19.7 Å². The highest BCUT2D eigenvalue weighted by Gasteiger charge is 2.36. The Labute approximate surface area is 109 Å². The number of carbonyl (C=O) groups is 2. The van der Waals surface area contributed by atoms with Crippen LogP contribution in [0.15, 0.2) is 4.52 Å². The molecule has 0 aromatic carbocycles. The lowest BCUT2D eigenvalue weighted by Crippen LogP contribution is -2.43. The predicted molar refractivity (Wildman–Crippen MR) is 63.8 cm³/mol. The van der Waals surface area contributed by atoms with Gasteiger partial charge in [0.1, 0.15) is 17.2 Å². The zero-order valence-electron chi connectivity index (χ0n) is 10.8. The van der Waals surface area contributed by atoms with Crippen LogP contribution in [0.5, 0.6) is 0 Å². The second-order valence-corrected chi connectivity index (χ2v) is 4.48. The van der Waals surface area contributed by atoms with Crippen LogP contribution in [0, 0.1) is 12.8 Å². The van der Waals surface area contributed by atoms with Gasteiger partial charge in [-0.25, -0.2) is 0 Å². The quantitative estimate of drug-likeness (QED) is 0.818. The first kappa shape index (κ1) is 13.5. The number of rotatable bonds is 4. The van der Waals surface area contributed by atoms with E-state index in [-0.39, 0.29) is 19.1 Å². The van der Waals surface area contributed by atoms with Crippen LogP contribution in [0.4, 0.5) is 0 Å². The molecule has 2 unspecified atom stereocenters. The lowest BCUT2D eigenvalue weighted by molar-refractivity contribution is -0.142. The smallest absolute Gasteiger partial charge is 0.311 e. The van der Waals surface area contributed by atoms with E-state index in [1.807, 2.05) is 6.92 Å². The zero-order chi connectivity index (χ0) is 14.0. The average molecular weight is 268 g/mol. The minimum absolute atomic E-state index is 0.115. The summed E-state index contributed by atoms with van der Waals surface area (Å²) in [4.78, 5) is 23.2. The minimum atomic E-state index is -0.972. The molecule has 1 saturated heterocycles. The summed E-state index contributed by atoms with van der Waals surface area (Å²) < 4.78 is 10.1. The molecule has 2 N–H and O–H groups in total. The molecule has 7 nitrogen and oxygen atoms in total. The van der Waals surface area contributed by atoms with Gasteiger partial charge in [-0.05, 0) is 13.3 Å². The highest BCUT2D eigenvalue weighted by atomic mass is 16.5. The number of hydrogen-bond donors (Lipinski definition) is 2. The zero-order valence-corrected chi connectivity index (χ0v) is 10.8. The van der Waals surface area contributed by atoms with Crippen LogP contribution in [-0.2, 0) is 16.0 Å². The van der Waals surface area contributed by atoms with Crippen LogP contribution >= 0.6 is 0 Å². The molecule has 2 atom stereocenters. The van der Waals surface area contributed by atoms with Gasteiger partial charge in [-0.3, -0.25) is 9.59 Å². The van der Waals surface area contributed by atoms with Crippen molar-refractivity contribution in [1.82, 2.24) is 10.5 Å². The first-order valence-electron chi connectivity index (χ1n) is 6.11. The average Bonchev–Trinajstić information content (AvgIpc) is 2.95. The number of hydrogen-bond acceptors (Lipinski definition) is 5. The summed E-state index contributed by atoms with van der Waals surface area (Å²) in [6, 6.07) is -0.524. The summed E-state index contributed by atoms with van der Waals surface area (Å²) in [7, 11) is 0. The third-order valence-electron chi connectivity index (χ3n) is 3.21. The van der Waals surface area contributed by atoms with Crippen LogP contribution < -0.4 is 5.32 Å². The number of carbonyl (C=O) groups excluding carboxylic acids is 1. The Balaban J connectivity index is 2.12. The van der Waals surface area contributed by atoms with E-state index in [9.17, 15) is 9.59 Å². The van der Waals surface area contributed by atoms with Gasteiger partial charge >= 0.3 is 5.97 Å². The Hall–Kier alpha value is -1.89. The molecule has 19 heavy (non-hydrogen) atoms. The van der Waals surface area contributed by atoms with Crippen LogP contribution in [0.1, 0.15) is 28.7 Å². The van der Waals surface area contributed by atoms with Gasteiger partial charge in [0.05, 0.1) is 24.9 Å². The molecular formula is C12H16N2O5. The van der Waals surface area contributed by atoms with Crippen LogP contribution in [-0.4, -0.2) is 41.4 Å². The highest BCUT2D eigenvalue weighted by molar-refractivity contribution is 5.96. The van der Waals surface area contributed by atoms with Gasteiger partial charge in [0.2, 0.25) is 0 Å². The number of carboxylic acid groups (broad SMARTS) is 1. The summed E-state index contributed by atoms with van der Waals surface area (Å²) >= 11 is 0. The van der Waals surface area contributed by atoms with E-state index >= 15 is 0 Å². The van der Waals surface area contributed by atoms with E-state index in [1.54, 1.807) is 6.92 Å². The Morgan fingerprint density at radius 3 is 2.84 bits per heavy atom. The fraction of sp³-hybridized carbons (Fsp3) is 0.583. The van der Waals surface area contributed by atoms with Crippen molar-refractivity contribution in [2.45, 2.75) is 26.3 Å². The molecule has 1 aliphatic rings. The molecular weight excluding hydrogens is 252 g/mol. The molecule has 0 bridgehead atoms. The number of amides is 1. The maximum absolute atomic E-state index is 12.2. The van der Waals surface area contributed by atoms with E-state index in [4.69, 9.17) is 14.4 Å². The molecule has 1 fully saturated rings. The predicted octanol–water partition coefficient (Wildman–Crippen LogP) is 0.375. The lowest BCUT2D eigenvalue weighted by atomic mass is 10.0. The SMILES string of the molecule is CCc1noc(C)c1C(=O)NC1COCC1C(=O)O. The number of aryl methyl sites for hydroxylation is 2.